The number of fused-ring (bicyclic) bond motifs is 1. The summed E-state index contributed by atoms with van der Waals surface area (Å²) in [5, 5.41) is 2.19. The predicted octanol–water partition coefficient (Wildman–Crippen LogP) is 3.40. The van der Waals surface area contributed by atoms with Gasteiger partial charge in [0.1, 0.15) is 11.7 Å². The molecule has 130 valence electrons. The van der Waals surface area contributed by atoms with Gasteiger partial charge in [-0.2, -0.15) is 0 Å². The highest BCUT2D eigenvalue weighted by molar-refractivity contribution is 6.50. The average molecular weight is 368 g/mol. The van der Waals surface area contributed by atoms with Gasteiger partial charge in [0, 0.05) is 22.4 Å². The summed E-state index contributed by atoms with van der Waals surface area (Å²) in [7, 11) is 0. The standard InChI is InChI=1S/C20H14ClNO4/c1-11(23)15(20(26)22-12-7-3-2-4-8-12)16-17(21)19(25)14-10-6-5-9-13(14)18(16)24/h2-10,15H,1H3,(H,22,26)/t15-/m0/s1. The predicted molar refractivity (Wildman–Crippen MR) is 97.2 cm³/mol. The minimum atomic E-state index is -1.47. The molecular weight excluding hydrogens is 354 g/mol. The van der Waals surface area contributed by atoms with Crippen molar-refractivity contribution in [2.75, 3.05) is 5.32 Å². The molecule has 0 aliphatic heterocycles. The molecule has 6 heteroatoms. The summed E-state index contributed by atoms with van der Waals surface area (Å²) in [4.78, 5) is 50.2. The highest BCUT2D eigenvalue weighted by Crippen LogP contribution is 2.33. The Labute approximate surface area is 154 Å². The lowest BCUT2D eigenvalue weighted by atomic mass is 9.81. The highest BCUT2D eigenvalue weighted by Gasteiger charge is 2.40. The quantitative estimate of drug-likeness (QED) is 0.840. The zero-order chi connectivity index (χ0) is 18.8. The number of Topliss-reactive ketones (excluding diaryl/α,β-unsaturated/α-hetero) is 3. The molecule has 0 fully saturated rings. The first-order chi connectivity index (χ1) is 12.4. The van der Waals surface area contributed by atoms with Gasteiger partial charge in [-0.1, -0.05) is 54.1 Å². The minimum Gasteiger partial charge on any atom is -0.325 e. The summed E-state index contributed by atoms with van der Waals surface area (Å²) in [6.07, 6.45) is 0. The third-order valence-electron chi connectivity index (χ3n) is 4.10. The smallest absolute Gasteiger partial charge is 0.239 e. The van der Waals surface area contributed by atoms with E-state index in [4.69, 9.17) is 11.6 Å². The lowest BCUT2D eigenvalue weighted by Gasteiger charge is -2.22. The van der Waals surface area contributed by atoms with Crippen LogP contribution in [0.2, 0.25) is 0 Å². The van der Waals surface area contributed by atoms with E-state index in [0.717, 1.165) is 0 Å². The molecule has 3 rings (SSSR count). The van der Waals surface area contributed by atoms with Gasteiger partial charge in [-0.05, 0) is 19.1 Å². The van der Waals surface area contributed by atoms with Crippen molar-refractivity contribution in [3.63, 3.8) is 0 Å². The zero-order valence-corrected chi connectivity index (χ0v) is 14.5. The number of carbonyl (C=O) groups excluding carboxylic acids is 4. The maximum atomic E-state index is 12.8. The number of hydrogen-bond acceptors (Lipinski definition) is 4. The largest absolute Gasteiger partial charge is 0.325 e. The molecule has 2 aromatic carbocycles. The Morgan fingerprint density at radius 1 is 0.885 bits per heavy atom. The van der Waals surface area contributed by atoms with Gasteiger partial charge >= 0.3 is 0 Å². The fourth-order valence-corrected chi connectivity index (χ4v) is 3.17. The molecule has 0 saturated heterocycles. The van der Waals surface area contributed by atoms with Gasteiger partial charge < -0.3 is 5.32 Å². The number of halogens is 1. The topological polar surface area (TPSA) is 80.3 Å². The SMILES string of the molecule is CC(=O)[C@H](C(=O)Nc1ccccc1)C1=C(Cl)C(=O)c2ccccc2C1=O. The van der Waals surface area contributed by atoms with Crippen LogP contribution in [-0.4, -0.2) is 23.3 Å². The molecule has 0 aromatic heterocycles. The Balaban J connectivity index is 2.04. The van der Waals surface area contributed by atoms with Crippen LogP contribution in [0, 0.1) is 5.92 Å². The fourth-order valence-electron chi connectivity index (χ4n) is 2.88. The number of rotatable bonds is 4. The molecule has 5 nitrogen and oxygen atoms in total. The van der Waals surface area contributed by atoms with E-state index < -0.39 is 34.2 Å². The van der Waals surface area contributed by atoms with Crippen molar-refractivity contribution in [1.82, 2.24) is 0 Å². The van der Waals surface area contributed by atoms with Crippen LogP contribution in [0.3, 0.4) is 0 Å². The van der Waals surface area contributed by atoms with Crippen LogP contribution in [0.15, 0.2) is 65.2 Å². The minimum absolute atomic E-state index is 0.135. The van der Waals surface area contributed by atoms with Crippen LogP contribution in [0.5, 0.6) is 0 Å². The zero-order valence-electron chi connectivity index (χ0n) is 13.8. The lowest BCUT2D eigenvalue weighted by molar-refractivity contribution is -0.128. The third kappa shape index (κ3) is 3.09. The van der Waals surface area contributed by atoms with Gasteiger partial charge in [0.25, 0.3) is 0 Å². The van der Waals surface area contributed by atoms with Crippen molar-refractivity contribution in [1.29, 1.82) is 0 Å². The van der Waals surface area contributed by atoms with Crippen LogP contribution in [0.1, 0.15) is 27.6 Å². The van der Waals surface area contributed by atoms with E-state index in [-0.39, 0.29) is 16.7 Å². The second-order valence-electron chi connectivity index (χ2n) is 5.83. The number of carbonyl (C=O) groups is 4. The first-order valence-electron chi connectivity index (χ1n) is 7.86. The van der Waals surface area contributed by atoms with Crippen molar-refractivity contribution in [3.05, 3.63) is 76.3 Å². The van der Waals surface area contributed by atoms with E-state index >= 15 is 0 Å². The molecule has 1 atom stereocenters. The van der Waals surface area contributed by atoms with Crippen molar-refractivity contribution >= 4 is 40.5 Å². The molecule has 0 radical (unpaired) electrons. The van der Waals surface area contributed by atoms with Crippen molar-refractivity contribution in [3.8, 4) is 0 Å². The van der Waals surface area contributed by atoms with Crippen molar-refractivity contribution in [2.45, 2.75) is 6.92 Å². The number of anilines is 1. The summed E-state index contributed by atoms with van der Waals surface area (Å²) in [6.45, 7) is 1.19. The molecule has 0 unspecified atom stereocenters. The van der Waals surface area contributed by atoms with E-state index in [0.29, 0.717) is 5.69 Å². The molecule has 0 bridgehead atoms. The molecule has 1 aliphatic rings. The van der Waals surface area contributed by atoms with E-state index in [2.05, 4.69) is 5.32 Å². The summed E-state index contributed by atoms with van der Waals surface area (Å²) < 4.78 is 0. The molecule has 0 heterocycles. The summed E-state index contributed by atoms with van der Waals surface area (Å²) in [5.74, 6) is -3.92. The van der Waals surface area contributed by atoms with Crippen LogP contribution >= 0.6 is 11.6 Å². The van der Waals surface area contributed by atoms with Crippen LogP contribution in [0.25, 0.3) is 0 Å². The molecule has 1 aliphatic carbocycles. The van der Waals surface area contributed by atoms with E-state index in [1.165, 1.54) is 19.1 Å². The first-order valence-corrected chi connectivity index (χ1v) is 8.24. The number of ketones is 3. The number of amides is 1. The molecule has 1 amide bonds. The summed E-state index contributed by atoms with van der Waals surface area (Å²) in [5.41, 5.74) is 0.486. The second-order valence-corrected chi connectivity index (χ2v) is 6.21. The molecule has 0 spiro atoms. The van der Waals surface area contributed by atoms with Gasteiger partial charge in [0.2, 0.25) is 11.7 Å². The van der Waals surface area contributed by atoms with Crippen molar-refractivity contribution < 1.29 is 19.2 Å². The third-order valence-corrected chi connectivity index (χ3v) is 4.47. The number of hydrogen-bond donors (Lipinski definition) is 1. The Hall–Kier alpha value is -3.05. The molecule has 1 N–H and O–H groups in total. The molecule has 2 aromatic rings. The average Bonchev–Trinajstić information content (AvgIpc) is 2.63. The maximum absolute atomic E-state index is 12.8. The molecule has 0 saturated carbocycles. The number of benzene rings is 2. The van der Waals surface area contributed by atoms with Crippen LogP contribution in [-0.2, 0) is 9.59 Å². The number of nitrogens with one attached hydrogen (secondary N) is 1. The van der Waals surface area contributed by atoms with Gasteiger partial charge in [-0.15, -0.1) is 0 Å². The van der Waals surface area contributed by atoms with Gasteiger partial charge in [0.05, 0.1) is 5.03 Å². The maximum Gasteiger partial charge on any atom is 0.239 e. The Kier molecular flexibility index (Phi) is 4.82. The monoisotopic (exact) mass is 367 g/mol. The Morgan fingerprint density at radius 2 is 1.42 bits per heavy atom. The molecular formula is C20H14ClNO4. The lowest BCUT2D eigenvalue weighted by Crippen LogP contribution is -2.36. The van der Waals surface area contributed by atoms with Crippen molar-refractivity contribution in [2.24, 2.45) is 5.92 Å². The Morgan fingerprint density at radius 3 is 2.00 bits per heavy atom. The van der Waals surface area contributed by atoms with E-state index in [1.807, 2.05) is 0 Å². The summed E-state index contributed by atoms with van der Waals surface area (Å²) in [6, 6.07) is 14.7. The number of allylic oxidation sites excluding steroid dienone is 1. The van der Waals surface area contributed by atoms with Crippen LogP contribution < -0.4 is 5.32 Å². The Bertz CT molecular complexity index is 963. The van der Waals surface area contributed by atoms with E-state index in [1.54, 1.807) is 42.5 Å². The first kappa shape index (κ1) is 17.8. The molecule has 26 heavy (non-hydrogen) atoms. The highest BCUT2D eigenvalue weighted by atomic mass is 35.5. The summed E-state index contributed by atoms with van der Waals surface area (Å²) >= 11 is 6.12. The second kappa shape index (κ2) is 7.06. The normalized spacial score (nSPS) is 14.7. The number of para-hydroxylation sites is 1. The van der Waals surface area contributed by atoms with Gasteiger partial charge in [-0.25, -0.2) is 0 Å². The van der Waals surface area contributed by atoms with Crippen LogP contribution in [0.4, 0.5) is 5.69 Å². The van der Waals surface area contributed by atoms with Gasteiger partial charge in [0.15, 0.2) is 5.78 Å². The van der Waals surface area contributed by atoms with Gasteiger partial charge in [-0.3, -0.25) is 19.2 Å². The van der Waals surface area contributed by atoms with E-state index in [9.17, 15) is 19.2 Å². The fraction of sp³-hybridized carbons (Fsp3) is 0.100.